The Morgan fingerprint density at radius 3 is 2.57 bits per heavy atom. The second-order valence-electron chi connectivity index (χ2n) is 4.06. The molecule has 0 fully saturated rings. The van der Waals surface area contributed by atoms with Gasteiger partial charge < -0.3 is 5.32 Å². The number of hydrogen-bond acceptors (Lipinski definition) is 3. The van der Waals surface area contributed by atoms with Gasteiger partial charge in [0.2, 0.25) is 0 Å². The van der Waals surface area contributed by atoms with Crippen LogP contribution in [0.1, 0.15) is 16.0 Å². The van der Waals surface area contributed by atoms with Crippen molar-refractivity contribution in [2.24, 2.45) is 0 Å². The normalized spacial score (nSPS) is 11.2. The number of alkyl halides is 3. The minimum atomic E-state index is -4.52. The molecule has 0 aliphatic rings. The molecule has 0 radical (unpaired) electrons. The molecule has 0 spiro atoms. The highest BCUT2D eigenvalue weighted by atomic mass is 79.9. The standard InChI is InChI=1S/C13H7BrClF3N2S/c14-10-4-8(21-12(10)15)6-20-11-2-1-7(5-19)3-9(11)13(16,17)18/h1-4,20H,6H2. The molecule has 0 aliphatic carbocycles. The van der Waals surface area contributed by atoms with Crippen LogP contribution in [0, 0.1) is 11.3 Å². The Hall–Kier alpha value is -1.23. The fourth-order valence-electron chi connectivity index (χ4n) is 1.66. The number of rotatable bonds is 3. The number of nitrogens with one attached hydrogen (secondary N) is 1. The molecule has 0 bridgehead atoms. The highest BCUT2D eigenvalue weighted by Crippen LogP contribution is 2.36. The summed E-state index contributed by atoms with van der Waals surface area (Å²) in [6.45, 7) is 0.213. The van der Waals surface area contributed by atoms with Crippen molar-refractivity contribution in [3.05, 3.63) is 49.1 Å². The molecule has 2 nitrogen and oxygen atoms in total. The minimum absolute atomic E-state index is 0.0326. The number of anilines is 1. The Kier molecular flexibility index (Phi) is 4.81. The minimum Gasteiger partial charge on any atom is -0.380 e. The molecule has 0 unspecified atom stereocenters. The molecule has 21 heavy (non-hydrogen) atoms. The van der Waals surface area contributed by atoms with E-state index in [0.717, 1.165) is 10.9 Å². The zero-order valence-corrected chi connectivity index (χ0v) is 13.4. The summed E-state index contributed by atoms with van der Waals surface area (Å²) in [6.07, 6.45) is -4.52. The van der Waals surface area contributed by atoms with Gasteiger partial charge in [0.15, 0.2) is 0 Å². The van der Waals surface area contributed by atoms with E-state index >= 15 is 0 Å². The SMILES string of the molecule is N#Cc1ccc(NCc2cc(Br)c(Cl)s2)c(C(F)(F)F)c1. The van der Waals surface area contributed by atoms with Gasteiger partial charge in [0, 0.05) is 21.6 Å². The largest absolute Gasteiger partial charge is 0.418 e. The lowest BCUT2D eigenvalue weighted by Gasteiger charge is -2.14. The Bertz CT molecular complexity index is 687. The van der Waals surface area contributed by atoms with E-state index in [0.29, 0.717) is 8.81 Å². The third-order valence-electron chi connectivity index (χ3n) is 2.60. The summed E-state index contributed by atoms with van der Waals surface area (Å²) in [5.74, 6) is 0. The van der Waals surface area contributed by atoms with Crippen LogP contribution in [-0.4, -0.2) is 0 Å². The monoisotopic (exact) mass is 394 g/mol. The summed E-state index contributed by atoms with van der Waals surface area (Å²) in [7, 11) is 0. The van der Waals surface area contributed by atoms with Gasteiger partial charge in [0.25, 0.3) is 0 Å². The highest BCUT2D eigenvalue weighted by molar-refractivity contribution is 9.10. The number of benzene rings is 1. The van der Waals surface area contributed by atoms with Crippen LogP contribution in [-0.2, 0) is 12.7 Å². The number of halogens is 5. The first-order valence-electron chi connectivity index (χ1n) is 5.60. The first-order valence-corrected chi connectivity index (χ1v) is 7.59. The zero-order valence-electron chi connectivity index (χ0n) is 10.3. The van der Waals surface area contributed by atoms with Gasteiger partial charge in [-0.2, -0.15) is 18.4 Å². The van der Waals surface area contributed by atoms with Gasteiger partial charge in [-0.15, -0.1) is 11.3 Å². The van der Waals surface area contributed by atoms with Gasteiger partial charge >= 0.3 is 6.18 Å². The fourth-order valence-corrected chi connectivity index (χ4v) is 3.39. The predicted molar refractivity (Wildman–Crippen MR) is 80.5 cm³/mol. The van der Waals surface area contributed by atoms with Crippen LogP contribution in [0.4, 0.5) is 18.9 Å². The average Bonchev–Trinajstić information content (AvgIpc) is 2.74. The number of nitriles is 1. The molecule has 8 heteroatoms. The zero-order chi connectivity index (χ0) is 15.6. The smallest absolute Gasteiger partial charge is 0.380 e. The van der Waals surface area contributed by atoms with Crippen LogP contribution in [0.3, 0.4) is 0 Å². The number of hydrogen-bond donors (Lipinski definition) is 1. The van der Waals surface area contributed by atoms with Crippen molar-refractivity contribution in [1.82, 2.24) is 0 Å². The summed E-state index contributed by atoms with van der Waals surface area (Å²) >= 11 is 10.4. The van der Waals surface area contributed by atoms with E-state index in [2.05, 4.69) is 21.2 Å². The van der Waals surface area contributed by atoms with Crippen LogP contribution in [0.25, 0.3) is 0 Å². The van der Waals surface area contributed by atoms with E-state index in [4.69, 9.17) is 16.9 Å². The number of nitrogens with zero attached hydrogens (tertiary/aromatic N) is 1. The Balaban J connectivity index is 2.25. The van der Waals surface area contributed by atoms with Crippen molar-refractivity contribution in [2.45, 2.75) is 12.7 Å². The molecule has 0 atom stereocenters. The first kappa shape index (κ1) is 16.1. The Labute approximate surface area is 136 Å². The van der Waals surface area contributed by atoms with Crippen molar-refractivity contribution < 1.29 is 13.2 Å². The van der Waals surface area contributed by atoms with Gasteiger partial charge in [-0.25, -0.2) is 0 Å². The molecule has 0 saturated carbocycles. The fraction of sp³-hybridized carbons (Fsp3) is 0.154. The van der Waals surface area contributed by atoms with Crippen LogP contribution >= 0.6 is 38.9 Å². The van der Waals surface area contributed by atoms with Gasteiger partial charge in [0.05, 0.1) is 17.2 Å². The van der Waals surface area contributed by atoms with E-state index in [-0.39, 0.29) is 17.8 Å². The molecule has 110 valence electrons. The second kappa shape index (κ2) is 6.26. The van der Waals surface area contributed by atoms with Gasteiger partial charge in [0.1, 0.15) is 4.34 Å². The maximum Gasteiger partial charge on any atom is 0.418 e. The van der Waals surface area contributed by atoms with Gasteiger partial charge in [-0.3, -0.25) is 0 Å². The summed E-state index contributed by atoms with van der Waals surface area (Å²) in [5, 5.41) is 11.4. The lowest BCUT2D eigenvalue weighted by Crippen LogP contribution is -2.11. The van der Waals surface area contributed by atoms with Crippen molar-refractivity contribution >= 4 is 44.6 Å². The molecule has 2 aromatic rings. The second-order valence-corrected chi connectivity index (χ2v) is 6.65. The topological polar surface area (TPSA) is 35.8 Å². The van der Waals surface area contributed by atoms with Crippen molar-refractivity contribution in [3.8, 4) is 6.07 Å². The Morgan fingerprint density at radius 1 is 1.33 bits per heavy atom. The van der Waals surface area contributed by atoms with Gasteiger partial charge in [-0.05, 0) is 40.2 Å². The lowest BCUT2D eigenvalue weighted by atomic mass is 10.1. The van der Waals surface area contributed by atoms with E-state index < -0.39 is 11.7 Å². The molecule has 2 rings (SSSR count). The quantitative estimate of drug-likeness (QED) is 0.727. The lowest BCUT2D eigenvalue weighted by molar-refractivity contribution is -0.137. The molecule has 1 N–H and O–H groups in total. The van der Waals surface area contributed by atoms with Crippen LogP contribution < -0.4 is 5.32 Å². The average molecular weight is 396 g/mol. The molecule has 0 saturated heterocycles. The summed E-state index contributed by atoms with van der Waals surface area (Å²) in [4.78, 5) is 0.796. The van der Waals surface area contributed by atoms with Crippen LogP contribution in [0.5, 0.6) is 0 Å². The van der Waals surface area contributed by atoms with Gasteiger partial charge in [-0.1, -0.05) is 11.6 Å². The van der Waals surface area contributed by atoms with Crippen molar-refractivity contribution in [1.29, 1.82) is 5.26 Å². The molecular weight excluding hydrogens is 389 g/mol. The Morgan fingerprint density at radius 2 is 2.05 bits per heavy atom. The molecule has 0 aliphatic heterocycles. The maximum absolute atomic E-state index is 13.0. The summed E-state index contributed by atoms with van der Waals surface area (Å²) < 4.78 is 40.2. The predicted octanol–water partition coefficient (Wildman–Crippen LogP) is 5.67. The van der Waals surface area contributed by atoms with Crippen LogP contribution in [0.15, 0.2) is 28.7 Å². The molecule has 1 aromatic heterocycles. The van der Waals surface area contributed by atoms with Crippen LogP contribution in [0.2, 0.25) is 4.34 Å². The molecule has 0 amide bonds. The van der Waals surface area contributed by atoms with E-state index in [9.17, 15) is 13.2 Å². The summed E-state index contributed by atoms with van der Waals surface area (Å²) in [5.41, 5.74) is -0.958. The summed E-state index contributed by atoms with van der Waals surface area (Å²) in [6, 6.07) is 6.88. The number of thiophene rings is 1. The van der Waals surface area contributed by atoms with E-state index in [1.807, 2.05) is 0 Å². The maximum atomic E-state index is 13.0. The molecule has 1 aromatic carbocycles. The van der Waals surface area contributed by atoms with Crippen molar-refractivity contribution in [2.75, 3.05) is 5.32 Å². The van der Waals surface area contributed by atoms with Crippen molar-refractivity contribution in [3.63, 3.8) is 0 Å². The third kappa shape index (κ3) is 3.90. The van der Waals surface area contributed by atoms with E-state index in [1.165, 1.54) is 23.5 Å². The highest BCUT2D eigenvalue weighted by Gasteiger charge is 2.33. The molecular formula is C13H7BrClF3N2S. The molecule has 1 heterocycles. The first-order chi connectivity index (χ1) is 9.81. The third-order valence-corrected chi connectivity index (χ3v) is 5.08. The van der Waals surface area contributed by atoms with E-state index in [1.54, 1.807) is 12.1 Å².